The Balaban J connectivity index is 1.76. The number of Topliss-reactive ketones (excluding diaryl/α,β-unsaturated/α-hetero) is 1. The molecule has 0 fully saturated rings. The minimum absolute atomic E-state index is 0.229. The number of benzene rings is 3. The molecule has 0 spiro atoms. The lowest BCUT2D eigenvalue weighted by atomic mass is 9.91. The van der Waals surface area contributed by atoms with Crippen molar-refractivity contribution in [2.24, 2.45) is 0 Å². The van der Waals surface area contributed by atoms with E-state index in [1.54, 1.807) is 0 Å². The molecule has 136 valence electrons. The van der Waals surface area contributed by atoms with E-state index in [4.69, 9.17) is 0 Å². The zero-order chi connectivity index (χ0) is 19.3. The summed E-state index contributed by atoms with van der Waals surface area (Å²) >= 11 is 0. The number of rotatable bonds is 5. The van der Waals surface area contributed by atoms with Gasteiger partial charge in [-0.05, 0) is 29.8 Å². The molecule has 0 aromatic heterocycles. The molecule has 2 N–H and O–H groups in total. The Hall–Kier alpha value is -3.92. The van der Waals surface area contributed by atoms with Crippen molar-refractivity contribution in [2.75, 3.05) is 10.6 Å². The third-order valence-electron chi connectivity index (χ3n) is 4.40. The first kappa shape index (κ1) is 17.5. The Bertz CT molecular complexity index is 1070. The van der Waals surface area contributed by atoms with E-state index in [-0.39, 0.29) is 23.0 Å². The molecule has 4 nitrogen and oxygen atoms in total. The summed E-state index contributed by atoms with van der Waals surface area (Å²) in [6, 6.07) is 27.9. The number of allylic oxidation sites excluding steroid dienone is 2. The van der Waals surface area contributed by atoms with Gasteiger partial charge in [-0.3, -0.25) is 9.59 Å². The molecule has 0 heterocycles. The summed E-state index contributed by atoms with van der Waals surface area (Å²) in [7, 11) is 0. The smallest absolute Gasteiger partial charge is 0.212 e. The molecule has 4 heteroatoms. The number of nitrogens with one attached hydrogen (secondary N) is 2. The van der Waals surface area contributed by atoms with Crippen LogP contribution in [0.5, 0.6) is 0 Å². The predicted octanol–water partition coefficient (Wildman–Crippen LogP) is 4.66. The second kappa shape index (κ2) is 7.76. The van der Waals surface area contributed by atoms with Crippen LogP contribution in [-0.4, -0.2) is 11.6 Å². The fourth-order valence-corrected chi connectivity index (χ4v) is 3.08. The van der Waals surface area contributed by atoms with E-state index in [1.165, 1.54) is 6.08 Å². The fraction of sp³-hybridized carbons (Fsp3) is 0. The van der Waals surface area contributed by atoms with Gasteiger partial charge in [0, 0.05) is 17.5 Å². The van der Waals surface area contributed by atoms with Crippen molar-refractivity contribution in [2.45, 2.75) is 0 Å². The van der Waals surface area contributed by atoms with Crippen LogP contribution in [0, 0.1) is 0 Å². The quantitative estimate of drug-likeness (QED) is 0.645. The highest BCUT2D eigenvalue weighted by Crippen LogP contribution is 2.29. The van der Waals surface area contributed by atoms with Crippen molar-refractivity contribution in [3.05, 3.63) is 114 Å². The van der Waals surface area contributed by atoms with Crippen molar-refractivity contribution < 1.29 is 9.59 Å². The Kier molecular flexibility index (Phi) is 4.85. The Labute approximate surface area is 163 Å². The minimum atomic E-state index is -0.249. The third-order valence-corrected chi connectivity index (χ3v) is 4.40. The predicted molar refractivity (Wildman–Crippen MR) is 112 cm³/mol. The highest BCUT2D eigenvalue weighted by atomic mass is 16.1. The molecule has 0 aliphatic heterocycles. The van der Waals surface area contributed by atoms with Crippen LogP contribution in [0.3, 0.4) is 0 Å². The fourth-order valence-electron chi connectivity index (χ4n) is 3.08. The number of anilines is 2. The van der Waals surface area contributed by atoms with Crippen LogP contribution in [0.1, 0.15) is 5.56 Å². The lowest BCUT2D eigenvalue weighted by Gasteiger charge is -2.21. The van der Waals surface area contributed by atoms with E-state index in [9.17, 15) is 9.59 Å². The second-order valence-electron chi connectivity index (χ2n) is 6.35. The van der Waals surface area contributed by atoms with Gasteiger partial charge in [0.15, 0.2) is 0 Å². The number of carbonyl (C=O) groups excluding carboxylic acids is 2. The summed E-state index contributed by atoms with van der Waals surface area (Å²) in [6.07, 6.45) is 1.35. The first-order valence-electron chi connectivity index (χ1n) is 8.97. The van der Waals surface area contributed by atoms with Crippen LogP contribution in [0.2, 0.25) is 0 Å². The van der Waals surface area contributed by atoms with E-state index in [0.717, 1.165) is 11.4 Å². The SMILES string of the molecule is O=C1C=C(Nc2ccccc2)C(=O)C(c2ccccc2)=C1Nc1ccccc1. The Morgan fingerprint density at radius 2 is 1.07 bits per heavy atom. The average Bonchev–Trinajstić information content (AvgIpc) is 2.74. The molecule has 4 rings (SSSR count). The number of ketones is 2. The molecule has 0 saturated heterocycles. The van der Waals surface area contributed by atoms with Crippen molar-refractivity contribution in [3.8, 4) is 0 Å². The van der Waals surface area contributed by atoms with E-state index in [0.29, 0.717) is 11.1 Å². The molecule has 0 saturated carbocycles. The van der Waals surface area contributed by atoms with Crippen LogP contribution < -0.4 is 10.6 Å². The monoisotopic (exact) mass is 366 g/mol. The average molecular weight is 366 g/mol. The topological polar surface area (TPSA) is 58.2 Å². The van der Waals surface area contributed by atoms with Gasteiger partial charge in [-0.2, -0.15) is 0 Å². The molecule has 1 aliphatic rings. The third kappa shape index (κ3) is 3.62. The van der Waals surface area contributed by atoms with Crippen molar-refractivity contribution in [1.82, 2.24) is 0 Å². The molecule has 1 aliphatic carbocycles. The van der Waals surface area contributed by atoms with Crippen molar-refractivity contribution >= 4 is 28.5 Å². The van der Waals surface area contributed by atoms with Crippen LogP contribution in [0.25, 0.3) is 5.57 Å². The molecule has 0 bridgehead atoms. The summed E-state index contributed by atoms with van der Waals surface area (Å²) in [5, 5.41) is 6.20. The Morgan fingerprint density at radius 1 is 0.571 bits per heavy atom. The summed E-state index contributed by atoms with van der Waals surface area (Å²) in [5.74, 6) is -0.478. The second-order valence-corrected chi connectivity index (χ2v) is 6.35. The normalized spacial score (nSPS) is 13.9. The summed E-state index contributed by atoms with van der Waals surface area (Å²) in [4.78, 5) is 26.2. The molecule has 0 atom stereocenters. The van der Waals surface area contributed by atoms with Gasteiger partial charge in [-0.25, -0.2) is 0 Å². The lowest BCUT2D eigenvalue weighted by molar-refractivity contribution is -0.114. The minimum Gasteiger partial charge on any atom is -0.352 e. The first-order valence-corrected chi connectivity index (χ1v) is 8.97. The molecule has 3 aromatic carbocycles. The maximum absolute atomic E-state index is 13.3. The number of carbonyl (C=O) groups is 2. The maximum Gasteiger partial charge on any atom is 0.212 e. The zero-order valence-corrected chi connectivity index (χ0v) is 15.1. The number of para-hydroxylation sites is 2. The van der Waals surface area contributed by atoms with Crippen molar-refractivity contribution in [3.63, 3.8) is 0 Å². The van der Waals surface area contributed by atoms with Crippen LogP contribution in [-0.2, 0) is 9.59 Å². The van der Waals surface area contributed by atoms with Gasteiger partial charge in [-0.15, -0.1) is 0 Å². The van der Waals surface area contributed by atoms with E-state index in [2.05, 4.69) is 10.6 Å². The molecular weight excluding hydrogens is 348 g/mol. The van der Waals surface area contributed by atoms with Crippen LogP contribution in [0.4, 0.5) is 11.4 Å². The molecule has 0 unspecified atom stereocenters. The molecular formula is C24H18N2O2. The van der Waals surface area contributed by atoms with E-state index >= 15 is 0 Å². The van der Waals surface area contributed by atoms with Gasteiger partial charge >= 0.3 is 0 Å². The number of hydrogen-bond acceptors (Lipinski definition) is 4. The molecule has 3 aromatic rings. The van der Waals surface area contributed by atoms with Crippen LogP contribution >= 0.6 is 0 Å². The highest BCUT2D eigenvalue weighted by molar-refractivity contribution is 6.39. The van der Waals surface area contributed by atoms with Gasteiger partial charge in [0.25, 0.3) is 0 Å². The van der Waals surface area contributed by atoms with Crippen LogP contribution in [0.15, 0.2) is 108 Å². The largest absolute Gasteiger partial charge is 0.352 e. The summed E-state index contributed by atoms with van der Waals surface area (Å²) in [5.41, 5.74) is 3.09. The molecule has 28 heavy (non-hydrogen) atoms. The molecule has 0 amide bonds. The zero-order valence-electron chi connectivity index (χ0n) is 15.1. The van der Waals surface area contributed by atoms with Gasteiger partial charge < -0.3 is 10.6 Å². The first-order chi connectivity index (χ1) is 13.7. The number of hydrogen-bond donors (Lipinski definition) is 2. The van der Waals surface area contributed by atoms with Gasteiger partial charge in [0.1, 0.15) is 0 Å². The van der Waals surface area contributed by atoms with Gasteiger partial charge in [0.2, 0.25) is 11.6 Å². The lowest BCUT2D eigenvalue weighted by Crippen LogP contribution is -2.26. The van der Waals surface area contributed by atoms with E-state index in [1.807, 2.05) is 91.0 Å². The summed E-state index contributed by atoms with van der Waals surface area (Å²) in [6.45, 7) is 0. The highest BCUT2D eigenvalue weighted by Gasteiger charge is 2.30. The van der Waals surface area contributed by atoms with Gasteiger partial charge in [0.05, 0.1) is 17.0 Å². The molecule has 0 radical (unpaired) electrons. The van der Waals surface area contributed by atoms with Gasteiger partial charge in [-0.1, -0.05) is 66.7 Å². The van der Waals surface area contributed by atoms with E-state index < -0.39 is 0 Å². The standard InChI is InChI=1S/C24H18N2O2/c27-21-16-20(25-18-12-6-2-7-13-18)24(28)22(17-10-4-1-5-11-17)23(21)26-19-14-8-3-9-15-19/h1-16,25-26H. The Morgan fingerprint density at radius 3 is 1.64 bits per heavy atom. The summed E-state index contributed by atoms with van der Waals surface area (Å²) < 4.78 is 0. The maximum atomic E-state index is 13.3. The van der Waals surface area contributed by atoms with Crippen molar-refractivity contribution in [1.29, 1.82) is 0 Å².